The van der Waals surface area contributed by atoms with Gasteiger partial charge in [0.25, 0.3) is 8.67 Å². The maximum absolute atomic E-state index is 17.6. The summed E-state index contributed by atoms with van der Waals surface area (Å²) in [4.78, 5) is 10.1. The largest absolute Gasteiger partial charge is 0.396 e. The summed E-state index contributed by atoms with van der Waals surface area (Å²) in [5.74, 6) is -0.676. The molecule has 15 heteroatoms. The normalized spacial score (nSPS) is 14.4. The van der Waals surface area contributed by atoms with Gasteiger partial charge in [0.2, 0.25) is 19.7 Å². The lowest BCUT2D eigenvalue weighted by Gasteiger charge is -2.30. The van der Waals surface area contributed by atoms with Crippen LogP contribution in [0.25, 0.3) is 6.08 Å². The number of aliphatic hydroxyl groups is 1. The SMILES string of the molecule is CC(C)Cc1ccc(/C=C/C(c2ccc(CC(C)C)cc2)C(F)(SOOc2ccccc2)S(=O)(=O)c2ccccc2)cc1.CC(C)Cc1ccc(C(CO)C(F)(SOOc2ccccc2)S(=O)(=O)c2ccccc2)cc1. The van der Waals surface area contributed by atoms with Crippen LogP contribution in [0.1, 0.15) is 86.8 Å². The molecule has 9 nitrogen and oxygen atoms in total. The summed E-state index contributed by atoms with van der Waals surface area (Å²) in [6, 6.07) is 54.2. The molecule has 7 aromatic rings. The van der Waals surface area contributed by atoms with Crippen LogP contribution in [0.4, 0.5) is 8.78 Å². The van der Waals surface area contributed by atoms with E-state index in [2.05, 4.69) is 41.5 Å². The van der Waals surface area contributed by atoms with Crippen LogP contribution in [-0.2, 0) is 47.6 Å². The van der Waals surface area contributed by atoms with Crippen LogP contribution in [0.5, 0.6) is 11.5 Å². The van der Waals surface area contributed by atoms with E-state index in [9.17, 15) is 21.9 Å². The molecule has 0 amide bonds. The van der Waals surface area contributed by atoms with E-state index in [4.69, 9.17) is 18.4 Å². The summed E-state index contributed by atoms with van der Waals surface area (Å²) >= 11 is 0.181. The molecule has 4 atom stereocenters. The summed E-state index contributed by atoms with van der Waals surface area (Å²) in [6.45, 7) is 12.0. The number of allylic oxidation sites excluding steroid dienone is 1. The first-order valence-electron chi connectivity index (χ1n) is 25.0. The molecule has 7 rings (SSSR count). The first-order valence-corrected chi connectivity index (χ1v) is 29.5. The van der Waals surface area contributed by atoms with Crippen LogP contribution in [0.15, 0.2) is 210 Å². The fourth-order valence-corrected chi connectivity index (χ4v) is 13.5. The van der Waals surface area contributed by atoms with E-state index in [0.717, 1.165) is 36.0 Å². The minimum atomic E-state index is -4.62. The molecule has 0 saturated heterocycles. The third-order valence-corrected chi connectivity index (χ3v) is 18.7. The highest BCUT2D eigenvalue weighted by Crippen LogP contribution is 2.51. The zero-order valence-electron chi connectivity index (χ0n) is 43.4. The monoisotopic (exact) mass is 1110 g/mol. The van der Waals surface area contributed by atoms with E-state index in [1.54, 1.807) is 121 Å². The van der Waals surface area contributed by atoms with Gasteiger partial charge in [-0.15, -0.1) is 8.67 Å². The first-order chi connectivity index (χ1) is 36.4. The van der Waals surface area contributed by atoms with Crippen molar-refractivity contribution in [2.45, 2.75) is 91.1 Å². The number of benzene rings is 7. The fourth-order valence-electron chi connectivity index (χ4n) is 8.20. The predicted octanol–water partition coefficient (Wildman–Crippen LogP) is 15.4. The van der Waals surface area contributed by atoms with Gasteiger partial charge in [-0.25, -0.2) is 25.6 Å². The molecule has 0 aromatic heterocycles. The van der Waals surface area contributed by atoms with Gasteiger partial charge in [-0.3, -0.25) is 0 Å². The van der Waals surface area contributed by atoms with Crippen molar-refractivity contribution < 1.29 is 49.2 Å². The number of hydrogen-bond donors (Lipinski definition) is 1. The van der Waals surface area contributed by atoms with Gasteiger partial charge in [0.05, 0.1) is 28.2 Å². The summed E-state index contributed by atoms with van der Waals surface area (Å²) in [5, 5.41) is 10.1. The van der Waals surface area contributed by atoms with E-state index >= 15 is 8.78 Å². The minimum absolute atomic E-state index is 0.0260. The van der Waals surface area contributed by atoms with Crippen molar-refractivity contribution in [1.82, 2.24) is 0 Å². The number of para-hydroxylation sites is 2. The van der Waals surface area contributed by atoms with Crippen LogP contribution in [-0.4, -0.2) is 37.2 Å². The second-order valence-electron chi connectivity index (χ2n) is 19.5. The molecular weight excluding hydrogens is 1040 g/mol. The van der Waals surface area contributed by atoms with Gasteiger partial charge in [-0.1, -0.05) is 199 Å². The molecular formula is C61H66F2O9S4. The maximum atomic E-state index is 17.6. The predicted molar refractivity (Wildman–Crippen MR) is 303 cm³/mol. The van der Waals surface area contributed by atoms with Crippen LogP contribution in [0.2, 0.25) is 0 Å². The van der Waals surface area contributed by atoms with Crippen molar-refractivity contribution in [2.75, 3.05) is 6.61 Å². The van der Waals surface area contributed by atoms with Crippen molar-refractivity contribution in [3.8, 4) is 11.5 Å². The Labute approximate surface area is 456 Å². The first kappa shape index (κ1) is 59.5. The topological polar surface area (TPSA) is 125 Å². The number of sulfone groups is 2. The van der Waals surface area contributed by atoms with Crippen molar-refractivity contribution in [3.05, 3.63) is 234 Å². The molecule has 4 unspecified atom stereocenters. The molecule has 0 aliphatic carbocycles. The number of aliphatic hydroxyl groups excluding tert-OH is 1. The zero-order valence-corrected chi connectivity index (χ0v) is 46.7. The zero-order chi connectivity index (χ0) is 54.8. The second-order valence-corrected chi connectivity index (χ2v) is 25.9. The average Bonchev–Trinajstić information content (AvgIpc) is 3.41. The third-order valence-electron chi connectivity index (χ3n) is 12.0. The van der Waals surface area contributed by atoms with Gasteiger partial charge in [0.15, 0.2) is 11.5 Å². The van der Waals surface area contributed by atoms with Crippen LogP contribution >= 0.6 is 24.1 Å². The van der Waals surface area contributed by atoms with Gasteiger partial charge in [-0.2, -0.15) is 0 Å². The van der Waals surface area contributed by atoms with E-state index in [1.807, 2.05) is 48.5 Å². The number of alkyl halides is 2. The number of halogens is 2. The van der Waals surface area contributed by atoms with Gasteiger partial charge in [-0.05, 0) is 119 Å². The molecule has 7 aromatic carbocycles. The molecule has 0 radical (unpaired) electrons. The molecule has 0 spiro atoms. The highest BCUT2D eigenvalue weighted by atomic mass is 32.3. The Bertz CT molecular complexity index is 3080. The summed E-state index contributed by atoms with van der Waals surface area (Å²) < 4.78 is 93.7. The van der Waals surface area contributed by atoms with Gasteiger partial charge < -0.3 is 14.9 Å². The Hall–Kier alpha value is -5.78. The Kier molecular flexibility index (Phi) is 21.9. The molecule has 402 valence electrons. The smallest absolute Gasteiger partial charge is 0.298 e. The third kappa shape index (κ3) is 15.9. The molecule has 76 heavy (non-hydrogen) atoms. The van der Waals surface area contributed by atoms with Crippen LogP contribution < -0.4 is 9.78 Å². The quantitative estimate of drug-likeness (QED) is 0.0334. The van der Waals surface area contributed by atoms with Crippen LogP contribution in [0.3, 0.4) is 0 Å². The number of hydrogen-bond acceptors (Lipinski definition) is 11. The fraction of sp³-hybridized carbons (Fsp3) is 0.279. The Morgan fingerprint density at radius 2 is 0.816 bits per heavy atom. The average molecular weight is 1110 g/mol. The minimum Gasteiger partial charge on any atom is -0.396 e. The Balaban J connectivity index is 0.000000255. The lowest BCUT2D eigenvalue weighted by molar-refractivity contribution is -0.0812. The van der Waals surface area contributed by atoms with Crippen molar-refractivity contribution in [3.63, 3.8) is 0 Å². The summed E-state index contributed by atoms with van der Waals surface area (Å²) in [5.41, 5.74) is 5.00. The van der Waals surface area contributed by atoms with E-state index < -0.39 is 46.8 Å². The van der Waals surface area contributed by atoms with Crippen molar-refractivity contribution in [1.29, 1.82) is 0 Å². The summed E-state index contributed by atoms with van der Waals surface area (Å²) in [6.07, 6.45) is 6.01. The molecule has 0 saturated carbocycles. The lowest BCUT2D eigenvalue weighted by atomic mass is 9.95. The molecule has 0 aliphatic heterocycles. The summed E-state index contributed by atoms with van der Waals surface area (Å²) in [7, 11) is -9.23. The standard InChI is InChI=1S/C36H39FO4S2.C25H27FO5S2/c1-27(2)25-30-17-15-29(16-18-30)21-24-35(32-22-19-31(20-23-32)26-28(3)4)36(37,42-41-40-33-11-7-5-8-12-33)43(38,39)34-13-9-6-10-14-34;1-19(2)17-20-13-15-21(16-14-20)24(18-27)25(26,32-31-30-22-9-5-3-6-10-22)33(28,29)23-11-7-4-8-12-23/h5-24,27-28,35H,25-26H2,1-4H3;3-16,19,24,27H,17-18H2,1-2H3/b24-21+;. The molecule has 1 N–H and O–H groups in total. The molecule has 0 bridgehead atoms. The van der Waals surface area contributed by atoms with Crippen molar-refractivity contribution >= 4 is 49.8 Å². The highest BCUT2D eigenvalue weighted by molar-refractivity contribution is 8.12. The molecule has 0 aliphatic rings. The van der Waals surface area contributed by atoms with E-state index in [-0.39, 0.29) is 39.6 Å². The molecule has 0 fully saturated rings. The van der Waals surface area contributed by atoms with Crippen LogP contribution in [0, 0.1) is 17.8 Å². The Morgan fingerprint density at radius 1 is 0.474 bits per heavy atom. The van der Waals surface area contributed by atoms with Crippen molar-refractivity contribution in [2.24, 2.45) is 17.8 Å². The molecule has 0 heterocycles. The second kappa shape index (κ2) is 28.0. The Morgan fingerprint density at radius 3 is 1.20 bits per heavy atom. The lowest BCUT2D eigenvalue weighted by Crippen LogP contribution is -2.39. The van der Waals surface area contributed by atoms with Gasteiger partial charge in [0, 0.05) is 0 Å². The van der Waals surface area contributed by atoms with Gasteiger partial charge in [0.1, 0.15) is 24.1 Å². The number of rotatable bonds is 25. The van der Waals surface area contributed by atoms with E-state index in [0.29, 0.717) is 34.6 Å². The highest BCUT2D eigenvalue weighted by Gasteiger charge is 2.56. The van der Waals surface area contributed by atoms with E-state index in [1.165, 1.54) is 42.0 Å². The maximum Gasteiger partial charge on any atom is 0.298 e. The van der Waals surface area contributed by atoms with Gasteiger partial charge >= 0.3 is 0 Å².